The maximum absolute atomic E-state index is 4.43. The summed E-state index contributed by atoms with van der Waals surface area (Å²) >= 11 is 0. The predicted molar refractivity (Wildman–Crippen MR) is 79.8 cm³/mol. The minimum atomic E-state index is 0.799. The summed E-state index contributed by atoms with van der Waals surface area (Å²) in [7, 11) is 0. The lowest BCUT2D eigenvalue weighted by Gasteiger charge is -2.19. The van der Waals surface area contributed by atoms with Gasteiger partial charge in [-0.2, -0.15) is 5.10 Å². The summed E-state index contributed by atoms with van der Waals surface area (Å²) in [6.45, 7) is 4.03. The molecule has 3 aromatic rings. The fourth-order valence-electron chi connectivity index (χ4n) is 2.94. The van der Waals surface area contributed by atoms with Gasteiger partial charge in [0, 0.05) is 36.1 Å². The molecule has 4 rings (SSSR count). The van der Waals surface area contributed by atoms with Crippen LogP contribution in [0.15, 0.2) is 36.5 Å². The number of pyridine rings is 1. The molecule has 3 heterocycles. The van der Waals surface area contributed by atoms with E-state index >= 15 is 0 Å². The van der Waals surface area contributed by atoms with E-state index < -0.39 is 0 Å². The van der Waals surface area contributed by atoms with Gasteiger partial charge < -0.3 is 4.90 Å². The molecule has 0 atom stereocenters. The average molecular weight is 264 g/mol. The third-order valence-electron chi connectivity index (χ3n) is 4.01. The molecule has 0 bridgehead atoms. The number of para-hydroxylation sites is 1. The number of aryl methyl sites for hydroxylation is 1. The summed E-state index contributed by atoms with van der Waals surface area (Å²) in [6.07, 6.45) is 3.07. The van der Waals surface area contributed by atoms with Crippen molar-refractivity contribution in [3.8, 4) is 0 Å². The fraction of sp³-hybridized carbons (Fsp3) is 0.250. The van der Waals surface area contributed by atoms with Crippen molar-refractivity contribution < 1.29 is 0 Å². The van der Waals surface area contributed by atoms with E-state index in [9.17, 15) is 0 Å². The number of nitrogens with one attached hydrogen (secondary N) is 1. The van der Waals surface area contributed by atoms with Crippen LogP contribution in [0.2, 0.25) is 0 Å². The number of hydrogen-bond acceptors (Lipinski definition) is 3. The molecule has 0 fully saturated rings. The van der Waals surface area contributed by atoms with Crippen molar-refractivity contribution in [2.24, 2.45) is 0 Å². The van der Waals surface area contributed by atoms with Gasteiger partial charge in [-0.05, 0) is 36.6 Å². The lowest BCUT2D eigenvalue weighted by molar-refractivity contribution is 0.834. The SMILES string of the molecule is Cc1[nH]nc2ncc(CN3CCc4ccccc43)cc12. The van der Waals surface area contributed by atoms with Crippen molar-refractivity contribution in [3.05, 3.63) is 53.3 Å². The molecular weight excluding hydrogens is 248 g/mol. The number of aromatic amines is 1. The van der Waals surface area contributed by atoms with E-state index in [1.165, 1.54) is 16.8 Å². The number of rotatable bonds is 2. The number of anilines is 1. The van der Waals surface area contributed by atoms with Gasteiger partial charge in [0.25, 0.3) is 0 Å². The smallest absolute Gasteiger partial charge is 0.181 e. The lowest BCUT2D eigenvalue weighted by Crippen LogP contribution is -2.19. The third kappa shape index (κ3) is 1.76. The highest BCUT2D eigenvalue weighted by molar-refractivity contribution is 5.78. The van der Waals surface area contributed by atoms with E-state index in [1.807, 2.05) is 13.1 Å². The fourth-order valence-corrected chi connectivity index (χ4v) is 2.94. The second-order valence-electron chi connectivity index (χ2n) is 5.36. The quantitative estimate of drug-likeness (QED) is 0.774. The zero-order chi connectivity index (χ0) is 13.5. The van der Waals surface area contributed by atoms with Crippen LogP contribution in [-0.2, 0) is 13.0 Å². The van der Waals surface area contributed by atoms with E-state index in [4.69, 9.17) is 0 Å². The minimum absolute atomic E-state index is 0.799. The van der Waals surface area contributed by atoms with E-state index in [0.29, 0.717) is 0 Å². The van der Waals surface area contributed by atoms with Crippen molar-refractivity contribution in [1.29, 1.82) is 0 Å². The largest absolute Gasteiger partial charge is 0.367 e. The third-order valence-corrected chi connectivity index (χ3v) is 4.01. The maximum atomic E-state index is 4.43. The standard InChI is InChI=1S/C16H16N4/c1-11-14-8-12(9-17-16(14)19-18-11)10-20-7-6-13-4-2-3-5-15(13)20/h2-5,8-9H,6-7,10H2,1H3,(H,17,18,19). The first kappa shape index (κ1) is 11.5. The first-order valence-electron chi connectivity index (χ1n) is 6.94. The second kappa shape index (κ2) is 4.34. The Morgan fingerprint density at radius 1 is 1.30 bits per heavy atom. The van der Waals surface area contributed by atoms with Crippen molar-refractivity contribution in [1.82, 2.24) is 15.2 Å². The van der Waals surface area contributed by atoms with Gasteiger partial charge in [-0.25, -0.2) is 4.98 Å². The van der Waals surface area contributed by atoms with Gasteiger partial charge >= 0.3 is 0 Å². The van der Waals surface area contributed by atoms with Crippen LogP contribution in [0, 0.1) is 6.92 Å². The van der Waals surface area contributed by atoms with Crippen molar-refractivity contribution in [3.63, 3.8) is 0 Å². The molecule has 0 saturated heterocycles. The van der Waals surface area contributed by atoms with Crippen LogP contribution in [0.3, 0.4) is 0 Å². The number of nitrogens with zero attached hydrogens (tertiary/aromatic N) is 3. The monoisotopic (exact) mass is 264 g/mol. The Morgan fingerprint density at radius 2 is 2.20 bits per heavy atom. The Kier molecular flexibility index (Phi) is 2.49. The van der Waals surface area contributed by atoms with E-state index in [1.54, 1.807) is 0 Å². The molecule has 1 aromatic carbocycles. The van der Waals surface area contributed by atoms with Gasteiger partial charge in [0.05, 0.1) is 0 Å². The molecule has 1 aliphatic rings. The van der Waals surface area contributed by atoms with Crippen LogP contribution in [0.25, 0.3) is 11.0 Å². The summed E-state index contributed by atoms with van der Waals surface area (Å²) in [6, 6.07) is 10.8. The molecule has 0 spiro atoms. The van der Waals surface area contributed by atoms with Crippen LogP contribution < -0.4 is 4.90 Å². The first-order chi connectivity index (χ1) is 9.81. The molecule has 2 aromatic heterocycles. The lowest BCUT2D eigenvalue weighted by atomic mass is 10.1. The van der Waals surface area contributed by atoms with Crippen LogP contribution in [0.4, 0.5) is 5.69 Å². The number of fused-ring (bicyclic) bond motifs is 2. The highest BCUT2D eigenvalue weighted by atomic mass is 15.2. The molecule has 1 N–H and O–H groups in total. The topological polar surface area (TPSA) is 44.8 Å². The normalized spacial score (nSPS) is 13.9. The predicted octanol–water partition coefficient (Wildman–Crippen LogP) is 2.83. The van der Waals surface area contributed by atoms with E-state index in [-0.39, 0.29) is 0 Å². The average Bonchev–Trinajstić information content (AvgIpc) is 3.05. The molecule has 4 nitrogen and oxygen atoms in total. The molecule has 0 radical (unpaired) electrons. The Bertz CT molecular complexity index is 775. The number of H-pyrrole nitrogens is 1. The minimum Gasteiger partial charge on any atom is -0.367 e. The highest BCUT2D eigenvalue weighted by Gasteiger charge is 2.18. The Morgan fingerprint density at radius 3 is 3.15 bits per heavy atom. The molecule has 0 amide bonds. The number of benzene rings is 1. The van der Waals surface area contributed by atoms with Gasteiger partial charge in [-0.3, -0.25) is 5.10 Å². The summed E-state index contributed by atoms with van der Waals surface area (Å²) in [5.74, 6) is 0. The summed E-state index contributed by atoms with van der Waals surface area (Å²) in [5, 5.41) is 8.28. The Labute approximate surface area is 117 Å². The van der Waals surface area contributed by atoms with Gasteiger partial charge in [-0.1, -0.05) is 18.2 Å². The first-order valence-corrected chi connectivity index (χ1v) is 6.94. The van der Waals surface area contributed by atoms with Gasteiger partial charge in [0.2, 0.25) is 0 Å². The second-order valence-corrected chi connectivity index (χ2v) is 5.36. The van der Waals surface area contributed by atoms with E-state index in [0.717, 1.165) is 36.2 Å². The number of hydrogen-bond donors (Lipinski definition) is 1. The molecule has 0 saturated carbocycles. The van der Waals surface area contributed by atoms with Crippen LogP contribution >= 0.6 is 0 Å². The molecule has 4 heteroatoms. The van der Waals surface area contributed by atoms with E-state index in [2.05, 4.69) is 50.4 Å². The Hall–Kier alpha value is -2.36. The van der Waals surface area contributed by atoms with Crippen LogP contribution in [0.1, 0.15) is 16.8 Å². The zero-order valence-electron chi connectivity index (χ0n) is 11.4. The van der Waals surface area contributed by atoms with Gasteiger partial charge in [-0.15, -0.1) is 0 Å². The number of aromatic nitrogens is 3. The van der Waals surface area contributed by atoms with Crippen molar-refractivity contribution in [2.75, 3.05) is 11.4 Å². The summed E-state index contributed by atoms with van der Waals surface area (Å²) in [5.41, 5.74) is 5.92. The van der Waals surface area contributed by atoms with Crippen molar-refractivity contribution >= 4 is 16.7 Å². The van der Waals surface area contributed by atoms with Gasteiger partial charge in [0.1, 0.15) is 0 Å². The summed E-state index contributed by atoms with van der Waals surface area (Å²) in [4.78, 5) is 6.86. The highest BCUT2D eigenvalue weighted by Crippen LogP contribution is 2.29. The van der Waals surface area contributed by atoms with Crippen LogP contribution in [-0.4, -0.2) is 21.7 Å². The van der Waals surface area contributed by atoms with Crippen LogP contribution in [0.5, 0.6) is 0 Å². The molecule has 0 unspecified atom stereocenters. The molecule has 0 aliphatic carbocycles. The molecule has 100 valence electrons. The molecular formula is C16H16N4. The molecule has 1 aliphatic heterocycles. The van der Waals surface area contributed by atoms with Gasteiger partial charge in [0.15, 0.2) is 5.65 Å². The Balaban J connectivity index is 1.67. The molecule has 20 heavy (non-hydrogen) atoms. The zero-order valence-corrected chi connectivity index (χ0v) is 11.4. The maximum Gasteiger partial charge on any atom is 0.181 e. The summed E-state index contributed by atoms with van der Waals surface area (Å²) < 4.78 is 0. The van der Waals surface area contributed by atoms with Crippen molar-refractivity contribution in [2.45, 2.75) is 19.9 Å².